The van der Waals surface area contributed by atoms with Gasteiger partial charge in [-0.2, -0.15) is 0 Å². The van der Waals surface area contributed by atoms with Crippen LogP contribution in [0, 0.1) is 0 Å². The predicted octanol–water partition coefficient (Wildman–Crippen LogP) is 34.1. The Bertz CT molecular complexity index is 8580. The fourth-order valence-corrected chi connectivity index (χ4v) is 22.7. The largest absolute Gasteiger partial charge is 0.453 e. The summed E-state index contributed by atoms with van der Waals surface area (Å²) in [7, 11) is 0. The van der Waals surface area contributed by atoms with Gasteiger partial charge >= 0.3 is 0 Å². The Labute approximate surface area is 811 Å². The summed E-state index contributed by atoms with van der Waals surface area (Å²) in [6.45, 7) is 49.0. The second-order valence-electron chi connectivity index (χ2n) is 46.6. The fraction of sp³-hybridized carbons (Fsp3) is 0.215. The van der Waals surface area contributed by atoms with Crippen molar-refractivity contribution in [1.82, 2.24) is 18.3 Å². The number of hydrogen-bond donors (Lipinski definition) is 0. The highest BCUT2D eigenvalue weighted by Crippen LogP contribution is 2.56. The first kappa shape index (κ1) is 86.3. The lowest BCUT2D eigenvalue weighted by Crippen LogP contribution is -2.61. The molecule has 0 bridgehead atoms. The van der Waals surface area contributed by atoms with Gasteiger partial charge in [0.2, 0.25) is 0 Å². The molecule has 678 valence electrons. The van der Waals surface area contributed by atoms with Crippen molar-refractivity contribution < 1.29 is 4.42 Å². The van der Waals surface area contributed by atoms with Crippen molar-refractivity contribution in [2.75, 3.05) is 9.80 Å². The molecular formula is C130H119BN6O. The van der Waals surface area contributed by atoms with Crippen molar-refractivity contribution in [2.45, 2.75) is 183 Å². The minimum Gasteiger partial charge on any atom is -0.453 e. The van der Waals surface area contributed by atoms with Crippen LogP contribution in [0.15, 0.2) is 344 Å². The molecule has 2 aliphatic heterocycles. The zero-order valence-electron chi connectivity index (χ0n) is 83.5. The molecule has 0 N–H and O–H groups in total. The second kappa shape index (κ2) is 30.5. The molecule has 0 unspecified atom stereocenters. The SMILES string of the molecule is CC(C)(C)c1cc(-c2ccccc2)c(N2c3cc(-n4c5ccc(C(C)(C)C)cc5c5cc(C(C)(C)C)ccc54)ccc3B3c4ccc(-n5c6ccc(C(C)(C)C)cc6c6cc(C(C)(C)C)ccc65)cc4N(c4cccc5c4oc4c(-c6ccc7c8ccccc8n(-c8ccccc8)c7c6)cccc45)c4cc(-n5c6ccc(C(C)(C)C)cc6c6cc(C(C)(C)C)ccc65)cc2c43)c(-c2ccccc2)c1. The molecule has 7 nitrogen and oxygen atoms in total. The molecule has 17 aromatic carbocycles. The van der Waals surface area contributed by atoms with Gasteiger partial charge in [-0.1, -0.05) is 333 Å². The predicted molar refractivity (Wildman–Crippen MR) is 592 cm³/mol. The van der Waals surface area contributed by atoms with Gasteiger partial charge in [0, 0.05) is 110 Å². The van der Waals surface area contributed by atoms with Gasteiger partial charge in [0.15, 0.2) is 5.58 Å². The van der Waals surface area contributed by atoms with Crippen molar-refractivity contribution in [3.63, 3.8) is 0 Å². The van der Waals surface area contributed by atoms with Crippen LogP contribution in [0.3, 0.4) is 0 Å². The average Bonchev–Trinajstić information content (AvgIpc) is 1.02. The van der Waals surface area contributed by atoms with Crippen molar-refractivity contribution in [3.8, 4) is 56.1 Å². The second-order valence-corrected chi connectivity index (χ2v) is 46.6. The Morgan fingerprint density at radius 1 is 0.196 bits per heavy atom. The lowest BCUT2D eigenvalue weighted by atomic mass is 9.33. The summed E-state index contributed by atoms with van der Waals surface area (Å²) < 4.78 is 18.3. The number of hydrogen-bond acceptors (Lipinski definition) is 3. The summed E-state index contributed by atoms with van der Waals surface area (Å²) in [5.74, 6) is 0. The monoisotopic (exact) mass is 1790 g/mol. The first-order valence-electron chi connectivity index (χ1n) is 49.5. The van der Waals surface area contributed by atoms with Crippen LogP contribution in [0.25, 0.3) is 165 Å². The van der Waals surface area contributed by atoms with E-state index in [2.05, 4.69) is 513 Å². The lowest BCUT2D eigenvalue weighted by molar-refractivity contribution is 0.590. The van der Waals surface area contributed by atoms with Crippen molar-refractivity contribution >= 4 is 166 Å². The summed E-state index contributed by atoms with van der Waals surface area (Å²) >= 11 is 0. The molecule has 8 heteroatoms. The van der Waals surface area contributed by atoms with Gasteiger partial charge in [0.25, 0.3) is 6.71 Å². The number of nitrogens with zero attached hydrogens (tertiary/aromatic N) is 6. The van der Waals surface area contributed by atoms with E-state index in [4.69, 9.17) is 4.42 Å². The third-order valence-electron chi connectivity index (χ3n) is 30.4. The number of aromatic nitrogens is 4. The number of anilines is 6. The van der Waals surface area contributed by atoms with Gasteiger partial charge in [-0.25, -0.2) is 0 Å². The van der Waals surface area contributed by atoms with E-state index in [0.717, 1.165) is 156 Å². The Hall–Kier alpha value is -14.6. The molecule has 138 heavy (non-hydrogen) atoms. The molecule has 0 aliphatic carbocycles. The molecule has 0 amide bonds. The molecule has 0 fully saturated rings. The summed E-state index contributed by atoms with van der Waals surface area (Å²) in [6, 6.07) is 132. The van der Waals surface area contributed by atoms with E-state index in [1.54, 1.807) is 0 Å². The van der Waals surface area contributed by atoms with Gasteiger partial charge in [-0.3, -0.25) is 0 Å². The first-order chi connectivity index (χ1) is 65.9. The number of furan rings is 1. The topological polar surface area (TPSA) is 39.3 Å². The summed E-state index contributed by atoms with van der Waals surface area (Å²) in [5, 5.41) is 11.9. The molecule has 0 saturated heterocycles. The van der Waals surface area contributed by atoms with Crippen LogP contribution in [0.1, 0.15) is 184 Å². The van der Waals surface area contributed by atoms with Crippen LogP contribution in [-0.4, -0.2) is 25.0 Å². The summed E-state index contributed by atoms with van der Waals surface area (Å²) in [5.41, 5.74) is 39.6. The van der Waals surface area contributed by atoms with E-state index < -0.39 is 0 Å². The lowest BCUT2D eigenvalue weighted by Gasteiger charge is -2.45. The minimum absolute atomic E-state index is 0.102. The van der Waals surface area contributed by atoms with Crippen molar-refractivity contribution in [3.05, 3.63) is 379 Å². The molecule has 0 spiro atoms. The number of fused-ring (bicyclic) bond motifs is 19. The smallest absolute Gasteiger partial charge is 0.252 e. The highest BCUT2D eigenvalue weighted by atomic mass is 16.3. The first-order valence-corrected chi connectivity index (χ1v) is 49.5. The summed E-state index contributed by atoms with van der Waals surface area (Å²) in [6.07, 6.45) is 0. The molecule has 2 aliphatic rings. The zero-order chi connectivity index (χ0) is 95.4. The Kier molecular flexibility index (Phi) is 19.0. The molecule has 22 aromatic rings. The molecule has 24 rings (SSSR count). The van der Waals surface area contributed by atoms with Crippen LogP contribution in [-0.2, 0) is 37.9 Å². The molecule has 5 aromatic heterocycles. The Morgan fingerprint density at radius 2 is 0.536 bits per heavy atom. The van der Waals surface area contributed by atoms with Crippen molar-refractivity contribution in [1.29, 1.82) is 0 Å². The van der Waals surface area contributed by atoms with E-state index in [1.165, 1.54) is 98.4 Å². The van der Waals surface area contributed by atoms with E-state index in [9.17, 15) is 0 Å². The molecule has 0 saturated carbocycles. The normalized spacial score (nSPS) is 13.5. The van der Waals surface area contributed by atoms with Gasteiger partial charge in [0.05, 0.1) is 61.2 Å². The third-order valence-corrected chi connectivity index (χ3v) is 30.4. The van der Waals surface area contributed by atoms with Crippen LogP contribution in [0.4, 0.5) is 34.1 Å². The Balaban J connectivity index is 0.873. The average molecular weight is 1790 g/mol. The molecular weight excluding hydrogens is 1670 g/mol. The molecule has 7 heterocycles. The van der Waals surface area contributed by atoms with E-state index in [1.807, 2.05) is 0 Å². The maximum atomic E-state index is 8.12. The maximum absolute atomic E-state index is 8.12. The fourth-order valence-electron chi connectivity index (χ4n) is 22.7. The quantitative estimate of drug-likeness (QED) is 0.135. The van der Waals surface area contributed by atoms with E-state index >= 15 is 0 Å². The highest BCUT2D eigenvalue weighted by molar-refractivity contribution is 7.00. The van der Waals surface area contributed by atoms with E-state index in [0.29, 0.717) is 0 Å². The minimum atomic E-state index is -0.368. The van der Waals surface area contributed by atoms with Crippen molar-refractivity contribution in [2.24, 2.45) is 0 Å². The van der Waals surface area contributed by atoms with Crippen LogP contribution in [0.2, 0.25) is 0 Å². The maximum Gasteiger partial charge on any atom is 0.252 e. The van der Waals surface area contributed by atoms with Gasteiger partial charge in [0.1, 0.15) is 5.58 Å². The van der Waals surface area contributed by atoms with Crippen LogP contribution >= 0.6 is 0 Å². The van der Waals surface area contributed by atoms with Crippen LogP contribution in [0.5, 0.6) is 0 Å². The highest BCUT2D eigenvalue weighted by Gasteiger charge is 2.47. The number of para-hydroxylation sites is 4. The third kappa shape index (κ3) is 13.6. The van der Waals surface area contributed by atoms with Gasteiger partial charge in [-0.15, -0.1) is 0 Å². The van der Waals surface area contributed by atoms with Gasteiger partial charge < -0.3 is 32.5 Å². The summed E-state index contributed by atoms with van der Waals surface area (Å²) in [4.78, 5) is 5.42. The number of benzene rings is 17. The molecule has 0 atom stereocenters. The van der Waals surface area contributed by atoms with Gasteiger partial charge in [-0.05, 0) is 262 Å². The zero-order valence-corrected chi connectivity index (χ0v) is 83.5. The Morgan fingerprint density at radius 3 is 0.964 bits per heavy atom. The molecule has 0 radical (unpaired) electrons. The van der Waals surface area contributed by atoms with E-state index in [-0.39, 0.29) is 44.6 Å². The van der Waals surface area contributed by atoms with Crippen LogP contribution < -0.4 is 26.2 Å². The number of rotatable bonds is 9. The standard InChI is InChI=1S/C130H119BN6O/c1-124(2,3)81-48-59-108-99(66-81)100-67-82(125(4,5)6)49-60-109(100)133(108)89-54-57-105-116(74-89)136(114-46-34-44-96-95-43-33-42-92(122(95)138-123(96)114)80-47-56-94-93-41-31-32-45-107(93)132(115(94)65-80)88-39-29-24-30-40-88)118-76-91(135-112-63-52-85(128(13,14)15)70-103(112)104-71-86(129(16,17)18)53-64-113(104)135)77-119-120(118)131(105)106-58-55-90(134-110-61-50-83(126(7,8)9)68-101(110)102-69-84(127(10,11)12)51-62-111(102)134)75-117(106)137(119)121-97(78-35-25-22-26-36-78)72-87(130(19,20)21)73-98(121)79-37-27-23-28-38-79/h22-77H,1-21H3.